The highest BCUT2D eigenvalue weighted by atomic mass is 32.2. The van der Waals surface area contributed by atoms with E-state index in [0.29, 0.717) is 6.61 Å². The third kappa shape index (κ3) is 2.36. The molecule has 32 heavy (non-hydrogen) atoms. The largest absolute Gasteiger partial charge is 0.488 e. The summed E-state index contributed by atoms with van der Waals surface area (Å²) in [7, 11) is 0. The Morgan fingerprint density at radius 1 is 0.875 bits per heavy atom. The van der Waals surface area contributed by atoms with E-state index in [2.05, 4.69) is 97.1 Å². The van der Waals surface area contributed by atoms with E-state index in [1.807, 2.05) is 11.8 Å². The second-order valence-corrected chi connectivity index (χ2v) is 9.74. The standard InChI is InChI=1S/C30H22OS/c1-3-11-21(12-4-1)30(22-13-5-2-6-14-22)19-32-29-26-23-15-8-7-10-20(23)18-25(26)24-16-9-17-31-28(24)27(29)30/h1-14,16,18H,15,17,19H2. The Bertz CT molecular complexity index is 1430. The highest BCUT2D eigenvalue weighted by molar-refractivity contribution is 7.99. The van der Waals surface area contributed by atoms with Gasteiger partial charge in [0.1, 0.15) is 12.4 Å². The first-order valence-electron chi connectivity index (χ1n) is 11.2. The lowest BCUT2D eigenvalue weighted by Gasteiger charge is -2.33. The van der Waals surface area contributed by atoms with Gasteiger partial charge in [-0.15, -0.1) is 11.8 Å². The van der Waals surface area contributed by atoms with E-state index >= 15 is 0 Å². The van der Waals surface area contributed by atoms with Gasteiger partial charge in [-0.1, -0.05) is 85.0 Å². The van der Waals surface area contributed by atoms with Crippen LogP contribution in [0.15, 0.2) is 95.4 Å². The number of hydrogen-bond acceptors (Lipinski definition) is 2. The van der Waals surface area contributed by atoms with Gasteiger partial charge in [0, 0.05) is 27.0 Å². The summed E-state index contributed by atoms with van der Waals surface area (Å²) in [5.74, 6) is 2.05. The Balaban J connectivity index is 1.67. The van der Waals surface area contributed by atoms with E-state index in [0.717, 1.165) is 17.9 Å². The van der Waals surface area contributed by atoms with Gasteiger partial charge in [0.05, 0.1) is 5.41 Å². The lowest BCUT2D eigenvalue weighted by atomic mass is 9.70. The molecule has 0 saturated carbocycles. The van der Waals surface area contributed by atoms with Crippen LogP contribution in [0.5, 0.6) is 5.75 Å². The molecule has 0 unspecified atom stereocenters. The normalized spacial score (nSPS) is 18.8. The van der Waals surface area contributed by atoms with Crippen molar-refractivity contribution < 1.29 is 4.74 Å². The maximum atomic E-state index is 6.48. The van der Waals surface area contributed by atoms with Gasteiger partial charge in [0.25, 0.3) is 0 Å². The van der Waals surface area contributed by atoms with Gasteiger partial charge in [-0.2, -0.15) is 0 Å². The Labute approximate surface area is 192 Å². The lowest BCUT2D eigenvalue weighted by Crippen LogP contribution is -2.35. The maximum Gasteiger partial charge on any atom is 0.133 e. The molecule has 2 heteroatoms. The summed E-state index contributed by atoms with van der Waals surface area (Å²) in [6, 6.07) is 22.0. The zero-order valence-electron chi connectivity index (χ0n) is 17.7. The Morgan fingerprint density at radius 3 is 2.38 bits per heavy atom. The molecule has 2 heterocycles. The number of fused-ring (bicyclic) bond motifs is 7. The first kappa shape index (κ1) is 18.4. The van der Waals surface area contributed by atoms with Crippen molar-refractivity contribution in [2.75, 3.05) is 12.4 Å². The molecule has 0 spiro atoms. The Kier molecular flexibility index (Phi) is 3.95. The molecule has 2 aliphatic carbocycles. The second-order valence-electron chi connectivity index (χ2n) is 8.75. The molecule has 0 bridgehead atoms. The SMILES string of the molecule is C1=CCC2=c3c4c(c5c(c3=CC2=C1)C=CCO5)C(c1ccccc1)(c1ccccc1)CS4. The van der Waals surface area contributed by atoms with E-state index in [1.54, 1.807) is 0 Å². The fourth-order valence-corrected chi connectivity index (χ4v) is 7.40. The number of ether oxygens (including phenoxy) is 1. The predicted octanol–water partition coefficient (Wildman–Crippen LogP) is 5.36. The van der Waals surface area contributed by atoms with E-state index in [9.17, 15) is 0 Å². The van der Waals surface area contributed by atoms with Crippen molar-refractivity contribution in [2.24, 2.45) is 0 Å². The zero-order chi connectivity index (χ0) is 21.1. The van der Waals surface area contributed by atoms with Crippen LogP contribution in [0.1, 0.15) is 28.7 Å². The number of benzene rings is 3. The minimum atomic E-state index is -0.232. The number of allylic oxidation sites excluding steroid dienone is 4. The molecular formula is C30H22OS. The highest BCUT2D eigenvalue weighted by Crippen LogP contribution is 2.55. The van der Waals surface area contributed by atoms with Gasteiger partial charge in [-0.05, 0) is 46.1 Å². The molecule has 2 aliphatic heterocycles. The smallest absolute Gasteiger partial charge is 0.133 e. The fourth-order valence-electron chi connectivity index (χ4n) is 5.77. The van der Waals surface area contributed by atoms with Gasteiger partial charge >= 0.3 is 0 Å². The van der Waals surface area contributed by atoms with Crippen LogP contribution in [0.25, 0.3) is 17.7 Å². The molecule has 0 N–H and O–H groups in total. The zero-order valence-corrected chi connectivity index (χ0v) is 18.5. The van der Waals surface area contributed by atoms with Crippen LogP contribution in [0.2, 0.25) is 0 Å². The molecule has 0 fully saturated rings. The monoisotopic (exact) mass is 430 g/mol. The van der Waals surface area contributed by atoms with Crippen molar-refractivity contribution in [3.8, 4) is 5.75 Å². The van der Waals surface area contributed by atoms with Crippen molar-refractivity contribution in [1.82, 2.24) is 0 Å². The summed E-state index contributed by atoms with van der Waals surface area (Å²) < 4.78 is 6.48. The van der Waals surface area contributed by atoms with Crippen LogP contribution < -0.4 is 15.2 Å². The van der Waals surface area contributed by atoms with Crippen LogP contribution in [-0.4, -0.2) is 12.4 Å². The molecule has 3 aromatic carbocycles. The quantitative estimate of drug-likeness (QED) is 0.541. The van der Waals surface area contributed by atoms with Crippen molar-refractivity contribution in [2.45, 2.75) is 16.7 Å². The highest BCUT2D eigenvalue weighted by Gasteiger charge is 2.47. The molecule has 4 aliphatic rings. The van der Waals surface area contributed by atoms with Crippen LogP contribution in [0.3, 0.4) is 0 Å². The molecule has 7 rings (SSSR count). The summed E-state index contributed by atoms with van der Waals surface area (Å²) in [5.41, 5.74) is 7.86. The molecule has 0 aromatic heterocycles. The summed E-state index contributed by atoms with van der Waals surface area (Å²) in [6.07, 6.45) is 14.5. The minimum Gasteiger partial charge on any atom is -0.488 e. The third-order valence-electron chi connectivity index (χ3n) is 7.17. The number of hydrogen-bond donors (Lipinski definition) is 0. The van der Waals surface area contributed by atoms with E-state index in [1.165, 1.54) is 48.7 Å². The van der Waals surface area contributed by atoms with Crippen LogP contribution >= 0.6 is 11.8 Å². The molecule has 0 saturated heterocycles. The molecule has 154 valence electrons. The predicted molar refractivity (Wildman–Crippen MR) is 133 cm³/mol. The molecule has 3 aromatic rings. The van der Waals surface area contributed by atoms with Crippen molar-refractivity contribution in [1.29, 1.82) is 0 Å². The summed E-state index contributed by atoms with van der Waals surface area (Å²) in [4.78, 5) is 1.41. The topological polar surface area (TPSA) is 9.23 Å². The van der Waals surface area contributed by atoms with Crippen molar-refractivity contribution >= 4 is 29.5 Å². The molecule has 0 amide bonds. The van der Waals surface area contributed by atoms with Gasteiger partial charge < -0.3 is 4.74 Å². The minimum absolute atomic E-state index is 0.232. The molecule has 1 nitrogen and oxygen atoms in total. The first-order chi connectivity index (χ1) is 15.9. The van der Waals surface area contributed by atoms with Crippen LogP contribution in [-0.2, 0) is 5.41 Å². The van der Waals surface area contributed by atoms with Crippen molar-refractivity contribution in [3.63, 3.8) is 0 Å². The van der Waals surface area contributed by atoms with E-state index in [4.69, 9.17) is 4.74 Å². The van der Waals surface area contributed by atoms with Crippen molar-refractivity contribution in [3.05, 3.63) is 123 Å². The molecular weight excluding hydrogens is 408 g/mol. The summed E-state index contributed by atoms with van der Waals surface area (Å²) >= 11 is 2.00. The van der Waals surface area contributed by atoms with Crippen LogP contribution in [0.4, 0.5) is 0 Å². The number of thioether (sulfide) groups is 1. The second kappa shape index (κ2) is 6.88. The number of rotatable bonds is 2. The van der Waals surface area contributed by atoms with Gasteiger partial charge in [0.2, 0.25) is 0 Å². The van der Waals surface area contributed by atoms with Gasteiger partial charge in [0.15, 0.2) is 0 Å². The maximum absolute atomic E-state index is 6.48. The van der Waals surface area contributed by atoms with Gasteiger partial charge in [-0.3, -0.25) is 0 Å². The molecule has 0 radical (unpaired) electrons. The lowest BCUT2D eigenvalue weighted by molar-refractivity contribution is 0.348. The van der Waals surface area contributed by atoms with E-state index in [-0.39, 0.29) is 5.41 Å². The average molecular weight is 431 g/mol. The van der Waals surface area contributed by atoms with Crippen LogP contribution in [0, 0.1) is 0 Å². The van der Waals surface area contributed by atoms with Gasteiger partial charge in [-0.25, -0.2) is 0 Å². The average Bonchev–Trinajstić information content (AvgIpc) is 3.45. The van der Waals surface area contributed by atoms with E-state index < -0.39 is 0 Å². The molecule has 0 atom stereocenters. The Morgan fingerprint density at radius 2 is 1.62 bits per heavy atom. The third-order valence-corrected chi connectivity index (χ3v) is 8.44. The fraction of sp³-hybridized carbons (Fsp3) is 0.133. The summed E-state index contributed by atoms with van der Waals surface area (Å²) in [6.45, 7) is 0.628. The summed E-state index contributed by atoms with van der Waals surface area (Å²) in [5, 5.41) is 2.77. The first-order valence-corrected chi connectivity index (χ1v) is 12.2. The Hall–Kier alpha value is -3.23.